The second-order valence-electron chi connectivity index (χ2n) is 8.64. The summed E-state index contributed by atoms with van der Waals surface area (Å²) in [6.07, 6.45) is 5.65. The average Bonchev–Trinajstić information content (AvgIpc) is 3.27. The van der Waals surface area contributed by atoms with Crippen LogP contribution in [-0.4, -0.2) is 38.8 Å². The fourth-order valence-electron chi connectivity index (χ4n) is 5.16. The van der Waals surface area contributed by atoms with Crippen molar-refractivity contribution >= 4 is 23.1 Å². The third kappa shape index (κ3) is 3.98. The Bertz CT molecular complexity index is 1210. The van der Waals surface area contributed by atoms with Crippen LogP contribution < -0.4 is 19.5 Å². The number of aryl methyl sites for hydroxylation is 1. The van der Waals surface area contributed by atoms with Gasteiger partial charge in [0, 0.05) is 27.9 Å². The van der Waals surface area contributed by atoms with Gasteiger partial charge in [-0.3, -0.25) is 0 Å². The zero-order chi connectivity index (χ0) is 23.7. The summed E-state index contributed by atoms with van der Waals surface area (Å²) in [6, 6.07) is 13.1. The molecule has 1 atom stereocenters. The van der Waals surface area contributed by atoms with E-state index in [-0.39, 0.29) is 12.1 Å². The maximum absolute atomic E-state index is 13.7. The predicted octanol–water partition coefficient (Wildman–Crippen LogP) is 5.83. The molecule has 0 fully saturated rings. The SMILES string of the molecule is COc1ccc(NC(=O)N2CCc3c(sc4c3CCCC4)[C@@H]2c2ccccc2OC)c(OC)c1. The number of urea groups is 1. The van der Waals surface area contributed by atoms with Crippen molar-refractivity contribution in [1.29, 1.82) is 0 Å². The van der Waals surface area contributed by atoms with Gasteiger partial charge < -0.3 is 24.4 Å². The number of carbonyl (C=O) groups excluding carboxylic acids is 1. The summed E-state index contributed by atoms with van der Waals surface area (Å²) < 4.78 is 16.5. The highest BCUT2D eigenvalue weighted by atomic mass is 32.1. The molecule has 6 nitrogen and oxygen atoms in total. The second kappa shape index (κ2) is 9.58. The van der Waals surface area contributed by atoms with Gasteiger partial charge in [-0.05, 0) is 61.4 Å². The number of amides is 2. The number of benzene rings is 2. The Kier molecular flexibility index (Phi) is 6.37. The zero-order valence-electron chi connectivity index (χ0n) is 19.8. The molecule has 2 aromatic carbocycles. The summed E-state index contributed by atoms with van der Waals surface area (Å²) in [5, 5.41) is 3.08. The first-order chi connectivity index (χ1) is 16.6. The summed E-state index contributed by atoms with van der Waals surface area (Å²) in [6.45, 7) is 0.642. The van der Waals surface area contributed by atoms with Crippen molar-refractivity contribution in [3.63, 3.8) is 0 Å². The van der Waals surface area contributed by atoms with E-state index in [1.54, 1.807) is 27.4 Å². The second-order valence-corrected chi connectivity index (χ2v) is 9.77. The summed E-state index contributed by atoms with van der Waals surface area (Å²) in [5.74, 6) is 2.03. The van der Waals surface area contributed by atoms with E-state index in [4.69, 9.17) is 14.2 Å². The van der Waals surface area contributed by atoms with Crippen LogP contribution in [0.15, 0.2) is 42.5 Å². The van der Waals surface area contributed by atoms with Crippen LogP contribution in [0.2, 0.25) is 0 Å². The molecule has 2 amide bonds. The lowest BCUT2D eigenvalue weighted by atomic mass is 9.88. The lowest BCUT2D eigenvalue weighted by Gasteiger charge is -2.37. The normalized spacial score (nSPS) is 16.9. The number of hydrogen-bond acceptors (Lipinski definition) is 5. The highest BCUT2D eigenvalue weighted by Gasteiger charge is 2.38. The van der Waals surface area contributed by atoms with E-state index in [2.05, 4.69) is 11.4 Å². The molecule has 178 valence electrons. The molecule has 2 heterocycles. The topological polar surface area (TPSA) is 60.0 Å². The molecule has 1 N–H and O–H groups in total. The smallest absolute Gasteiger partial charge is 0.322 e. The van der Waals surface area contributed by atoms with Crippen LogP contribution in [0.5, 0.6) is 17.2 Å². The molecule has 1 aromatic heterocycles. The van der Waals surface area contributed by atoms with Gasteiger partial charge in [0.2, 0.25) is 0 Å². The van der Waals surface area contributed by atoms with Gasteiger partial charge in [-0.15, -0.1) is 11.3 Å². The lowest BCUT2D eigenvalue weighted by molar-refractivity contribution is 0.194. The number of thiophene rings is 1. The molecule has 1 aliphatic heterocycles. The molecule has 0 spiro atoms. The van der Waals surface area contributed by atoms with Crippen molar-refractivity contribution in [1.82, 2.24) is 4.90 Å². The number of anilines is 1. The van der Waals surface area contributed by atoms with E-state index < -0.39 is 0 Å². The van der Waals surface area contributed by atoms with E-state index in [1.165, 1.54) is 33.7 Å². The number of ether oxygens (including phenoxy) is 3. The van der Waals surface area contributed by atoms with Gasteiger partial charge in [0.25, 0.3) is 0 Å². The number of methoxy groups -OCH3 is 3. The Morgan fingerprint density at radius 2 is 1.74 bits per heavy atom. The maximum Gasteiger partial charge on any atom is 0.322 e. The Morgan fingerprint density at radius 3 is 2.53 bits per heavy atom. The third-order valence-corrected chi connectivity index (χ3v) is 8.21. The highest BCUT2D eigenvalue weighted by Crippen LogP contribution is 2.47. The van der Waals surface area contributed by atoms with Crippen molar-refractivity contribution in [3.05, 3.63) is 68.9 Å². The summed E-state index contributed by atoms with van der Waals surface area (Å²) in [7, 11) is 4.89. The molecule has 2 aliphatic rings. The molecule has 1 aliphatic carbocycles. The largest absolute Gasteiger partial charge is 0.497 e. The molecule has 34 heavy (non-hydrogen) atoms. The van der Waals surface area contributed by atoms with E-state index in [1.807, 2.05) is 46.6 Å². The van der Waals surface area contributed by atoms with Gasteiger partial charge in [-0.25, -0.2) is 4.79 Å². The molecular weight excluding hydrogens is 448 g/mol. The minimum absolute atomic E-state index is 0.156. The molecule has 3 aromatic rings. The van der Waals surface area contributed by atoms with E-state index in [9.17, 15) is 4.79 Å². The standard InChI is InChI=1S/C27H30N2O4S/c1-31-17-12-13-21(23(16-17)33-3)28-27(30)29-15-14-19-18-8-5-7-11-24(18)34-26(19)25(29)20-9-4-6-10-22(20)32-2/h4,6,9-10,12-13,16,25H,5,7-8,11,14-15H2,1-3H3,(H,28,30)/t25-/m0/s1. The van der Waals surface area contributed by atoms with E-state index in [0.29, 0.717) is 23.7 Å². The van der Waals surface area contributed by atoms with Crippen molar-refractivity contribution in [2.24, 2.45) is 0 Å². The van der Waals surface area contributed by atoms with Crippen LogP contribution in [0.25, 0.3) is 0 Å². The fourth-order valence-corrected chi connectivity index (χ4v) is 6.73. The Labute approximate surface area is 204 Å². The minimum Gasteiger partial charge on any atom is -0.497 e. The van der Waals surface area contributed by atoms with Gasteiger partial charge in [0.05, 0.1) is 33.1 Å². The molecule has 0 radical (unpaired) electrons. The fraction of sp³-hybridized carbons (Fsp3) is 0.370. The number of hydrogen-bond donors (Lipinski definition) is 1. The highest BCUT2D eigenvalue weighted by molar-refractivity contribution is 7.12. The van der Waals surface area contributed by atoms with Gasteiger partial charge in [-0.2, -0.15) is 0 Å². The van der Waals surface area contributed by atoms with Crippen LogP contribution in [-0.2, 0) is 19.3 Å². The van der Waals surface area contributed by atoms with Crippen molar-refractivity contribution in [2.45, 2.75) is 38.1 Å². The van der Waals surface area contributed by atoms with E-state index in [0.717, 1.165) is 30.6 Å². The summed E-state index contributed by atoms with van der Waals surface area (Å²) in [5.41, 5.74) is 4.61. The number of nitrogens with zero attached hydrogens (tertiary/aromatic N) is 1. The maximum atomic E-state index is 13.7. The van der Waals surface area contributed by atoms with Crippen molar-refractivity contribution in [3.8, 4) is 17.2 Å². The molecule has 5 rings (SSSR count). The van der Waals surface area contributed by atoms with Crippen LogP contribution in [0.4, 0.5) is 10.5 Å². The number of para-hydroxylation sites is 1. The first-order valence-electron chi connectivity index (χ1n) is 11.7. The van der Waals surface area contributed by atoms with Gasteiger partial charge in [0.1, 0.15) is 17.2 Å². The van der Waals surface area contributed by atoms with Gasteiger partial charge in [0.15, 0.2) is 0 Å². The number of fused-ring (bicyclic) bond motifs is 3. The number of carbonyl (C=O) groups is 1. The monoisotopic (exact) mass is 478 g/mol. The summed E-state index contributed by atoms with van der Waals surface area (Å²) >= 11 is 1.88. The van der Waals surface area contributed by atoms with Crippen molar-refractivity contribution < 1.29 is 19.0 Å². The van der Waals surface area contributed by atoms with Crippen LogP contribution in [0.1, 0.15) is 45.3 Å². The average molecular weight is 479 g/mol. The Morgan fingerprint density at radius 1 is 0.941 bits per heavy atom. The zero-order valence-corrected chi connectivity index (χ0v) is 20.7. The third-order valence-electron chi connectivity index (χ3n) is 6.82. The Hall–Kier alpha value is -3.19. The molecule has 0 saturated heterocycles. The van der Waals surface area contributed by atoms with E-state index >= 15 is 0 Å². The van der Waals surface area contributed by atoms with Crippen molar-refractivity contribution in [2.75, 3.05) is 33.2 Å². The number of rotatable bonds is 5. The molecule has 7 heteroatoms. The minimum atomic E-state index is -0.195. The number of nitrogens with one attached hydrogen (secondary N) is 1. The molecular formula is C27H30N2O4S. The summed E-state index contributed by atoms with van der Waals surface area (Å²) in [4.78, 5) is 18.4. The lowest BCUT2D eigenvalue weighted by Crippen LogP contribution is -2.42. The van der Waals surface area contributed by atoms with Crippen LogP contribution >= 0.6 is 11.3 Å². The first-order valence-corrected chi connectivity index (χ1v) is 12.5. The molecule has 0 saturated carbocycles. The molecule has 0 bridgehead atoms. The quantitative estimate of drug-likeness (QED) is 0.501. The van der Waals surface area contributed by atoms with Crippen LogP contribution in [0, 0.1) is 0 Å². The first kappa shape index (κ1) is 22.6. The Balaban J connectivity index is 1.55. The van der Waals surface area contributed by atoms with Gasteiger partial charge >= 0.3 is 6.03 Å². The molecule has 0 unspecified atom stereocenters. The predicted molar refractivity (Wildman–Crippen MR) is 135 cm³/mol. The van der Waals surface area contributed by atoms with Crippen LogP contribution in [0.3, 0.4) is 0 Å². The van der Waals surface area contributed by atoms with Gasteiger partial charge in [-0.1, -0.05) is 18.2 Å².